The van der Waals surface area contributed by atoms with Gasteiger partial charge in [0.05, 0.1) is 16.7 Å². The molecule has 0 saturated heterocycles. The summed E-state index contributed by atoms with van der Waals surface area (Å²) >= 11 is 0. The molecule has 1 saturated carbocycles. The van der Waals surface area contributed by atoms with Crippen molar-refractivity contribution in [2.24, 2.45) is 5.41 Å². The summed E-state index contributed by atoms with van der Waals surface area (Å²) in [5, 5.41) is 20.8. The molecule has 0 radical (unpaired) electrons. The van der Waals surface area contributed by atoms with Crippen LogP contribution in [0.25, 0.3) is 0 Å². The minimum Gasteiger partial charge on any atom is -0.393 e. The van der Waals surface area contributed by atoms with Crippen LogP contribution in [0.2, 0.25) is 0 Å². The second-order valence-electron chi connectivity index (χ2n) is 5.33. The van der Waals surface area contributed by atoms with Crippen LogP contribution in [-0.4, -0.2) is 21.1 Å². The zero-order chi connectivity index (χ0) is 13.5. The van der Waals surface area contributed by atoms with Crippen LogP contribution < -0.4 is 0 Å². The highest BCUT2D eigenvalue weighted by atomic mass is 16.6. The third kappa shape index (κ3) is 2.10. The Labute approximate surface area is 106 Å². The molecule has 1 aliphatic carbocycles. The number of aliphatic hydroxyl groups is 1. The van der Waals surface area contributed by atoms with E-state index < -0.39 is 0 Å². The molecule has 0 amide bonds. The molecule has 0 aromatic carbocycles. The first-order valence-electron chi connectivity index (χ1n) is 6.15. The summed E-state index contributed by atoms with van der Waals surface area (Å²) in [6.07, 6.45) is 3.72. The molecule has 0 bridgehead atoms. The average molecular weight is 250 g/mol. The smallest absolute Gasteiger partial charge is 0.278 e. The highest BCUT2D eigenvalue weighted by Crippen LogP contribution is 2.51. The first kappa shape index (κ1) is 13.0. The third-order valence-corrected chi connectivity index (χ3v) is 4.06. The van der Waals surface area contributed by atoms with Crippen LogP contribution >= 0.6 is 0 Å². The van der Waals surface area contributed by atoms with Crippen molar-refractivity contribution < 1.29 is 10.0 Å². The third-order valence-electron chi connectivity index (χ3n) is 4.06. The zero-order valence-electron chi connectivity index (χ0n) is 10.9. The summed E-state index contributed by atoms with van der Waals surface area (Å²) in [7, 11) is 0. The van der Waals surface area contributed by atoms with Gasteiger partial charge in [-0.3, -0.25) is 15.1 Å². The molecule has 5 nitrogen and oxygen atoms in total. The lowest BCUT2D eigenvalue weighted by Crippen LogP contribution is -2.22. The molecular formula is C13H18N2O3. The summed E-state index contributed by atoms with van der Waals surface area (Å²) in [6, 6.07) is 0. The van der Waals surface area contributed by atoms with E-state index in [0.29, 0.717) is 17.5 Å². The van der Waals surface area contributed by atoms with Gasteiger partial charge in [0.1, 0.15) is 0 Å². The molecule has 1 unspecified atom stereocenters. The summed E-state index contributed by atoms with van der Waals surface area (Å²) < 4.78 is 0. The monoisotopic (exact) mass is 250 g/mol. The van der Waals surface area contributed by atoms with Crippen LogP contribution in [0.15, 0.2) is 6.20 Å². The molecular weight excluding hydrogens is 232 g/mol. The van der Waals surface area contributed by atoms with E-state index in [0.717, 1.165) is 18.5 Å². The molecule has 1 heterocycles. The van der Waals surface area contributed by atoms with Crippen molar-refractivity contribution in [3.63, 3.8) is 0 Å². The minimum absolute atomic E-state index is 0.110. The Kier molecular flexibility index (Phi) is 3.11. The molecule has 1 atom stereocenters. The molecule has 98 valence electrons. The van der Waals surface area contributed by atoms with Crippen molar-refractivity contribution in [2.75, 3.05) is 0 Å². The Bertz CT molecular complexity index is 493. The van der Waals surface area contributed by atoms with Gasteiger partial charge in [0.2, 0.25) is 0 Å². The maximum atomic E-state index is 11.0. The summed E-state index contributed by atoms with van der Waals surface area (Å²) in [5.74, 6) is 0. The molecule has 1 aliphatic rings. The predicted molar refractivity (Wildman–Crippen MR) is 67.4 cm³/mol. The molecule has 0 aliphatic heterocycles. The lowest BCUT2D eigenvalue weighted by molar-refractivity contribution is -0.386. The number of hydrogen-bond acceptors (Lipinski definition) is 4. The van der Waals surface area contributed by atoms with Gasteiger partial charge in [0.25, 0.3) is 5.69 Å². The van der Waals surface area contributed by atoms with E-state index in [1.807, 2.05) is 0 Å². The molecule has 1 N–H and O–H groups in total. The Morgan fingerprint density at radius 3 is 2.61 bits per heavy atom. The van der Waals surface area contributed by atoms with Crippen LogP contribution in [0.5, 0.6) is 0 Å². The number of rotatable bonds is 4. The first-order chi connectivity index (χ1) is 8.37. The maximum absolute atomic E-state index is 11.0. The van der Waals surface area contributed by atoms with Crippen molar-refractivity contribution in [1.29, 1.82) is 0 Å². The standard InChI is InChI=1S/C13H18N2O3/c1-8-7-14-11(9(2)12(8)15(17)18)6-13(4-5-13)10(3)16/h7,10,16H,4-6H2,1-3H3. The number of nitrogens with zero attached hydrogens (tertiary/aromatic N) is 2. The maximum Gasteiger partial charge on any atom is 0.278 e. The number of aliphatic hydroxyl groups excluding tert-OH is 1. The van der Waals surface area contributed by atoms with Crippen molar-refractivity contribution in [2.45, 2.75) is 46.1 Å². The van der Waals surface area contributed by atoms with E-state index in [-0.39, 0.29) is 22.1 Å². The number of hydrogen-bond donors (Lipinski definition) is 1. The lowest BCUT2D eigenvalue weighted by atomic mass is 9.92. The Morgan fingerprint density at radius 1 is 1.56 bits per heavy atom. The van der Waals surface area contributed by atoms with Crippen LogP contribution in [0.4, 0.5) is 5.69 Å². The van der Waals surface area contributed by atoms with E-state index in [9.17, 15) is 15.2 Å². The van der Waals surface area contributed by atoms with Gasteiger partial charge < -0.3 is 5.11 Å². The highest BCUT2D eigenvalue weighted by Gasteiger charge is 2.47. The second kappa shape index (κ2) is 4.31. The van der Waals surface area contributed by atoms with Gasteiger partial charge in [0.15, 0.2) is 0 Å². The van der Waals surface area contributed by atoms with Crippen LogP contribution in [0, 0.1) is 29.4 Å². The van der Waals surface area contributed by atoms with Gasteiger partial charge >= 0.3 is 0 Å². The minimum atomic E-state index is -0.390. The quantitative estimate of drug-likeness (QED) is 0.657. The van der Waals surface area contributed by atoms with E-state index in [1.54, 1.807) is 27.0 Å². The summed E-state index contributed by atoms with van der Waals surface area (Å²) in [5.41, 5.74) is 2.00. The zero-order valence-corrected chi connectivity index (χ0v) is 10.9. The summed E-state index contributed by atoms with van der Waals surface area (Å²) in [4.78, 5) is 15.0. The van der Waals surface area contributed by atoms with E-state index in [1.165, 1.54) is 0 Å². The molecule has 1 aromatic heterocycles. The average Bonchev–Trinajstić information content (AvgIpc) is 3.03. The second-order valence-corrected chi connectivity index (χ2v) is 5.33. The fourth-order valence-electron chi connectivity index (χ4n) is 2.46. The van der Waals surface area contributed by atoms with Gasteiger partial charge in [-0.1, -0.05) is 0 Å². The van der Waals surface area contributed by atoms with Crippen molar-refractivity contribution >= 4 is 5.69 Å². The fourth-order valence-corrected chi connectivity index (χ4v) is 2.46. The van der Waals surface area contributed by atoms with Gasteiger partial charge in [-0.25, -0.2) is 0 Å². The predicted octanol–water partition coefficient (Wildman–Crippen LogP) is 2.31. The van der Waals surface area contributed by atoms with Crippen LogP contribution in [-0.2, 0) is 6.42 Å². The molecule has 1 aromatic rings. The molecule has 0 spiro atoms. The van der Waals surface area contributed by atoms with E-state index in [4.69, 9.17) is 0 Å². The fraction of sp³-hybridized carbons (Fsp3) is 0.615. The lowest BCUT2D eigenvalue weighted by Gasteiger charge is -2.19. The SMILES string of the molecule is Cc1cnc(CC2(C(C)O)CC2)c(C)c1[N+](=O)[O-]. The topological polar surface area (TPSA) is 76.3 Å². The number of aryl methyl sites for hydroxylation is 1. The molecule has 1 fully saturated rings. The highest BCUT2D eigenvalue weighted by molar-refractivity contribution is 5.47. The van der Waals surface area contributed by atoms with Crippen LogP contribution in [0.3, 0.4) is 0 Å². The van der Waals surface area contributed by atoms with Gasteiger partial charge in [-0.05, 0) is 40.0 Å². The number of aromatic nitrogens is 1. The number of pyridine rings is 1. The summed E-state index contributed by atoms with van der Waals surface area (Å²) in [6.45, 7) is 5.22. The molecule has 2 rings (SSSR count). The molecule has 18 heavy (non-hydrogen) atoms. The Balaban J connectivity index is 2.36. The molecule has 5 heteroatoms. The van der Waals surface area contributed by atoms with Crippen LogP contribution in [0.1, 0.15) is 36.6 Å². The van der Waals surface area contributed by atoms with Crippen molar-refractivity contribution in [1.82, 2.24) is 4.98 Å². The Hall–Kier alpha value is -1.49. The van der Waals surface area contributed by atoms with E-state index >= 15 is 0 Å². The van der Waals surface area contributed by atoms with Gasteiger partial charge in [-0.15, -0.1) is 0 Å². The van der Waals surface area contributed by atoms with Gasteiger partial charge in [0, 0.05) is 22.7 Å². The Morgan fingerprint density at radius 2 is 2.17 bits per heavy atom. The largest absolute Gasteiger partial charge is 0.393 e. The van der Waals surface area contributed by atoms with Crippen molar-refractivity contribution in [3.8, 4) is 0 Å². The van der Waals surface area contributed by atoms with Gasteiger partial charge in [-0.2, -0.15) is 0 Å². The normalized spacial score (nSPS) is 18.4. The number of nitro groups is 1. The van der Waals surface area contributed by atoms with Crippen molar-refractivity contribution in [3.05, 3.63) is 33.1 Å². The first-order valence-corrected chi connectivity index (χ1v) is 6.15. The van der Waals surface area contributed by atoms with E-state index in [2.05, 4.69) is 4.98 Å².